The molecule has 4 rings (SSSR count). The SMILES string of the molecule is CC(=O)N(C)C[C@H](C)Oc1cccc2ncnc(Nc3ccc(Oc4ccc(C)nc4)c(C)c3)c12. The Hall–Kier alpha value is -4.20. The molecule has 0 aliphatic heterocycles. The second-order valence-corrected chi connectivity index (χ2v) is 8.54. The van der Waals surface area contributed by atoms with Crippen LogP contribution in [-0.4, -0.2) is 45.5 Å². The fraction of sp³-hybridized carbons (Fsp3) is 0.259. The molecule has 2 aromatic carbocycles. The molecule has 1 atom stereocenters. The number of benzene rings is 2. The number of hydrogen-bond donors (Lipinski definition) is 1. The van der Waals surface area contributed by atoms with Gasteiger partial charge in [-0.2, -0.15) is 0 Å². The van der Waals surface area contributed by atoms with Gasteiger partial charge in [-0.1, -0.05) is 6.07 Å². The molecule has 0 radical (unpaired) electrons. The first-order valence-electron chi connectivity index (χ1n) is 11.4. The van der Waals surface area contributed by atoms with Crippen LogP contribution in [0.5, 0.6) is 17.2 Å². The molecule has 2 heterocycles. The maximum absolute atomic E-state index is 11.6. The minimum atomic E-state index is -0.211. The van der Waals surface area contributed by atoms with Crippen LogP contribution in [0.1, 0.15) is 25.1 Å². The highest BCUT2D eigenvalue weighted by atomic mass is 16.5. The lowest BCUT2D eigenvalue weighted by Crippen LogP contribution is -2.34. The van der Waals surface area contributed by atoms with Crippen LogP contribution in [0.25, 0.3) is 10.9 Å². The first-order valence-corrected chi connectivity index (χ1v) is 11.4. The highest BCUT2D eigenvalue weighted by Gasteiger charge is 2.15. The number of anilines is 2. The van der Waals surface area contributed by atoms with Crippen LogP contribution in [0.4, 0.5) is 11.5 Å². The van der Waals surface area contributed by atoms with Gasteiger partial charge in [0.2, 0.25) is 5.91 Å². The summed E-state index contributed by atoms with van der Waals surface area (Å²) in [5.74, 6) is 2.71. The molecule has 35 heavy (non-hydrogen) atoms. The second-order valence-electron chi connectivity index (χ2n) is 8.54. The lowest BCUT2D eigenvalue weighted by atomic mass is 10.1. The number of carbonyl (C=O) groups excluding carboxylic acids is 1. The molecule has 2 aromatic heterocycles. The van der Waals surface area contributed by atoms with E-state index in [4.69, 9.17) is 9.47 Å². The third kappa shape index (κ3) is 5.84. The normalized spacial score (nSPS) is 11.7. The number of aromatic nitrogens is 3. The number of nitrogens with zero attached hydrogens (tertiary/aromatic N) is 4. The van der Waals surface area contributed by atoms with Crippen molar-refractivity contribution >= 4 is 28.3 Å². The first-order chi connectivity index (χ1) is 16.8. The number of fused-ring (bicyclic) bond motifs is 1. The van der Waals surface area contributed by atoms with E-state index in [2.05, 4.69) is 20.3 Å². The van der Waals surface area contributed by atoms with E-state index in [1.165, 1.54) is 13.3 Å². The number of ether oxygens (including phenoxy) is 2. The third-order valence-corrected chi connectivity index (χ3v) is 5.57. The molecule has 8 nitrogen and oxygen atoms in total. The van der Waals surface area contributed by atoms with Crippen LogP contribution in [0.2, 0.25) is 0 Å². The van der Waals surface area contributed by atoms with E-state index in [9.17, 15) is 4.79 Å². The number of carbonyl (C=O) groups is 1. The molecule has 0 saturated heterocycles. The Balaban J connectivity index is 1.57. The highest BCUT2D eigenvalue weighted by molar-refractivity contribution is 5.95. The van der Waals surface area contributed by atoms with Crippen molar-refractivity contribution in [2.24, 2.45) is 0 Å². The molecule has 0 spiro atoms. The van der Waals surface area contributed by atoms with Crippen molar-refractivity contribution in [3.8, 4) is 17.2 Å². The van der Waals surface area contributed by atoms with Gasteiger partial charge in [-0.3, -0.25) is 9.78 Å². The van der Waals surface area contributed by atoms with Crippen molar-refractivity contribution in [1.29, 1.82) is 0 Å². The average Bonchev–Trinajstić information content (AvgIpc) is 2.82. The lowest BCUT2D eigenvalue weighted by molar-refractivity contribution is -0.128. The van der Waals surface area contributed by atoms with Gasteiger partial charge in [0.15, 0.2) is 0 Å². The largest absolute Gasteiger partial charge is 0.488 e. The van der Waals surface area contributed by atoms with Crippen LogP contribution in [0.3, 0.4) is 0 Å². The van der Waals surface area contributed by atoms with Crippen molar-refractivity contribution in [2.45, 2.75) is 33.8 Å². The number of amides is 1. The summed E-state index contributed by atoms with van der Waals surface area (Å²) < 4.78 is 12.2. The Morgan fingerprint density at radius 2 is 1.89 bits per heavy atom. The summed E-state index contributed by atoms with van der Waals surface area (Å²) in [6, 6.07) is 15.4. The topological polar surface area (TPSA) is 89.5 Å². The second kappa shape index (κ2) is 10.4. The summed E-state index contributed by atoms with van der Waals surface area (Å²) in [5.41, 5.74) is 3.52. The van der Waals surface area contributed by atoms with Gasteiger partial charge < -0.3 is 19.7 Å². The zero-order chi connectivity index (χ0) is 24.9. The summed E-state index contributed by atoms with van der Waals surface area (Å²) >= 11 is 0. The smallest absolute Gasteiger partial charge is 0.219 e. The van der Waals surface area contributed by atoms with Gasteiger partial charge in [0, 0.05) is 25.4 Å². The molecule has 0 aliphatic carbocycles. The molecule has 1 N–H and O–H groups in total. The Labute approximate surface area is 205 Å². The molecule has 0 fully saturated rings. The summed E-state index contributed by atoms with van der Waals surface area (Å²) in [7, 11) is 1.76. The van der Waals surface area contributed by atoms with Crippen LogP contribution in [0, 0.1) is 13.8 Å². The zero-order valence-corrected chi connectivity index (χ0v) is 20.6. The van der Waals surface area contributed by atoms with E-state index in [0.717, 1.165) is 33.6 Å². The van der Waals surface area contributed by atoms with Crippen molar-refractivity contribution in [3.05, 3.63) is 72.3 Å². The minimum absolute atomic E-state index is 0.00880. The van der Waals surface area contributed by atoms with Gasteiger partial charge in [-0.05, 0) is 68.8 Å². The van der Waals surface area contributed by atoms with E-state index in [-0.39, 0.29) is 12.0 Å². The summed E-state index contributed by atoms with van der Waals surface area (Å²) in [4.78, 5) is 26.4. The molecular weight excluding hydrogens is 442 g/mol. The van der Waals surface area contributed by atoms with Crippen LogP contribution in [-0.2, 0) is 4.79 Å². The molecular formula is C27H29N5O3. The molecule has 0 aliphatic rings. The average molecular weight is 472 g/mol. The predicted octanol–water partition coefficient (Wildman–Crippen LogP) is 5.42. The van der Waals surface area contributed by atoms with Crippen molar-refractivity contribution < 1.29 is 14.3 Å². The zero-order valence-electron chi connectivity index (χ0n) is 20.6. The molecule has 0 saturated carbocycles. The van der Waals surface area contributed by atoms with Gasteiger partial charge in [-0.25, -0.2) is 9.97 Å². The molecule has 8 heteroatoms. The van der Waals surface area contributed by atoms with Crippen molar-refractivity contribution in [2.75, 3.05) is 18.9 Å². The quantitative estimate of drug-likeness (QED) is 0.367. The number of nitrogens with one attached hydrogen (secondary N) is 1. The first kappa shape index (κ1) is 23.9. The monoisotopic (exact) mass is 471 g/mol. The van der Waals surface area contributed by atoms with Gasteiger partial charge in [-0.15, -0.1) is 0 Å². The van der Waals surface area contributed by atoms with Crippen molar-refractivity contribution in [1.82, 2.24) is 19.9 Å². The molecule has 0 unspecified atom stereocenters. The van der Waals surface area contributed by atoms with Gasteiger partial charge in [0.1, 0.15) is 35.5 Å². The Bertz CT molecular complexity index is 1340. The van der Waals surface area contributed by atoms with Gasteiger partial charge in [0.05, 0.1) is 23.6 Å². The molecule has 4 aromatic rings. The number of rotatable bonds is 8. The molecule has 0 bridgehead atoms. The third-order valence-electron chi connectivity index (χ3n) is 5.57. The Kier molecular flexibility index (Phi) is 7.10. The van der Waals surface area contributed by atoms with E-state index in [0.29, 0.717) is 23.9 Å². The highest BCUT2D eigenvalue weighted by Crippen LogP contribution is 2.33. The minimum Gasteiger partial charge on any atom is -0.488 e. The van der Waals surface area contributed by atoms with E-state index >= 15 is 0 Å². The van der Waals surface area contributed by atoms with Crippen LogP contribution < -0.4 is 14.8 Å². The maximum atomic E-state index is 11.6. The Morgan fingerprint density at radius 3 is 2.60 bits per heavy atom. The predicted molar refractivity (Wildman–Crippen MR) is 136 cm³/mol. The van der Waals surface area contributed by atoms with E-state index in [1.54, 1.807) is 18.1 Å². The van der Waals surface area contributed by atoms with Crippen molar-refractivity contribution in [3.63, 3.8) is 0 Å². The van der Waals surface area contributed by atoms with E-state index < -0.39 is 0 Å². The fourth-order valence-corrected chi connectivity index (χ4v) is 3.66. The van der Waals surface area contributed by atoms with Crippen LogP contribution in [0.15, 0.2) is 61.1 Å². The molecule has 1 amide bonds. The molecule has 180 valence electrons. The van der Waals surface area contributed by atoms with Gasteiger partial charge >= 0.3 is 0 Å². The fourth-order valence-electron chi connectivity index (χ4n) is 3.66. The van der Waals surface area contributed by atoms with Gasteiger partial charge in [0.25, 0.3) is 0 Å². The summed E-state index contributed by atoms with van der Waals surface area (Å²) in [6.07, 6.45) is 3.03. The lowest BCUT2D eigenvalue weighted by Gasteiger charge is -2.22. The van der Waals surface area contributed by atoms with E-state index in [1.807, 2.05) is 69.3 Å². The van der Waals surface area contributed by atoms with Crippen LogP contribution >= 0.6 is 0 Å². The maximum Gasteiger partial charge on any atom is 0.219 e. The summed E-state index contributed by atoms with van der Waals surface area (Å²) in [6.45, 7) is 7.87. The standard InChI is InChI=1S/C27H29N5O3/c1-17-13-21(10-12-24(17)35-22-11-9-18(2)28-14-22)31-27-26-23(29-16-30-27)7-6-8-25(26)34-19(3)15-32(5)20(4)33/h6-14,16,19H,15H2,1-5H3,(H,29,30,31)/t19-/m0/s1. The number of pyridine rings is 1. The number of hydrogen-bond acceptors (Lipinski definition) is 7. The summed E-state index contributed by atoms with van der Waals surface area (Å²) in [5, 5.41) is 4.17. The number of likely N-dealkylation sites (N-methyl/N-ethyl adjacent to an activating group) is 1. The number of aryl methyl sites for hydroxylation is 2. The Morgan fingerprint density at radius 1 is 1.06 bits per heavy atom.